The van der Waals surface area contributed by atoms with Gasteiger partial charge in [-0.1, -0.05) is 25.7 Å². The molecule has 0 bridgehead atoms. The normalized spacial score (nSPS) is 31.3. The first-order valence-electron chi connectivity index (χ1n) is 5.67. The summed E-state index contributed by atoms with van der Waals surface area (Å²) in [6, 6.07) is 0. The summed E-state index contributed by atoms with van der Waals surface area (Å²) in [5.74, 6) is 3.33. The van der Waals surface area contributed by atoms with Crippen LogP contribution in [-0.2, 0) is 4.79 Å². The molecule has 84 valence electrons. The van der Waals surface area contributed by atoms with Crippen LogP contribution in [0.25, 0.3) is 0 Å². The molecule has 0 aliphatic heterocycles. The number of nitrogens with zero attached hydrogens (tertiary/aromatic N) is 1. The highest BCUT2D eigenvalue weighted by atomic mass is 16.1. The van der Waals surface area contributed by atoms with Gasteiger partial charge in [0.25, 0.3) is 0 Å². The van der Waals surface area contributed by atoms with E-state index in [1.165, 1.54) is 6.42 Å². The van der Waals surface area contributed by atoms with E-state index in [9.17, 15) is 4.79 Å². The first kappa shape index (κ1) is 12.3. The number of ketones is 1. The van der Waals surface area contributed by atoms with Crippen LogP contribution in [0.4, 0.5) is 0 Å². The Labute approximate surface area is 93.0 Å². The van der Waals surface area contributed by atoms with E-state index in [4.69, 9.17) is 6.42 Å². The molecule has 0 heterocycles. The molecule has 2 unspecified atom stereocenters. The fourth-order valence-electron chi connectivity index (χ4n) is 2.69. The molecule has 0 aromatic carbocycles. The maximum atomic E-state index is 12.1. The topological polar surface area (TPSA) is 20.3 Å². The van der Waals surface area contributed by atoms with Gasteiger partial charge in [0, 0.05) is 0 Å². The van der Waals surface area contributed by atoms with Crippen molar-refractivity contribution in [1.29, 1.82) is 0 Å². The zero-order valence-corrected chi connectivity index (χ0v) is 10.0. The summed E-state index contributed by atoms with van der Waals surface area (Å²) in [5, 5.41) is 0. The lowest BCUT2D eigenvalue weighted by molar-refractivity contribution is -0.131. The summed E-state index contributed by atoms with van der Waals surface area (Å²) in [6.45, 7) is 2.22. The van der Waals surface area contributed by atoms with Gasteiger partial charge in [0.2, 0.25) is 0 Å². The number of hydrogen-bond acceptors (Lipinski definition) is 2. The Bertz CT molecular complexity index is 277. The summed E-state index contributed by atoms with van der Waals surface area (Å²) in [5.41, 5.74) is -0.288. The third-order valence-electron chi connectivity index (χ3n) is 3.61. The van der Waals surface area contributed by atoms with Crippen molar-refractivity contribution in [3.05, 3.63) is 0 Å². The number of Topliss-reactive ketones (excluding diaryl/α,β-unsaturated/α-hetero) is 1. The molecule has 1 aliphatic rings. The minimum atomic E-state index is -0.288. The van der Waals surface area contributed by atoms with E-state index < -0.39 is 0 Å². The Hall–Kier alpha value is -0.810. The molecule has 1 aliphatic carbocycles. The van der Waals surface area contributed by atoms with E-state index in [1.54, 1.807) is 0 Å². The average molecular weight is 207 g/mol. The van der Waals surface area contributed by atoms with Crippen LogP contribution in [0.2, 0.25) is 0 Å². The molecular weight excluding hydrogens is 186 g/mol. The fourth-order valence-corrected chi connectivity index (χ4v) is 2.69. The summed E-state index contributed by atoms with van der Waals surface area (Å²) in [4.78, 5) is 14.2. The van der Waals surface area contributed by atoms with Gasteiger partial charge in [0.15, 0.2) is 5.78 Å². The second-order valence-corrected chi connectivity index (χ2v) is 4.93. The molecule has 2 atom stereocenters. The Morgan fingerprint density at radius 3 is 2.73 bits per heavy atom. The van der Waals surface area contributed by atoms with Gasteiger partial charge in [-0.3, -0.25) is 9.69 Å². The van der Waals surface area contributed by atoms with E-state index in [0.717, 1.165) is 19.3 Å². The second kappa shape index (κ2) is 4.81. The van der Waals surface area contributed by atoms with Gasteiger partial charge in [0.05, 0.1) is 12.0 Å². The van der Waals surface area contributed by atoms with Gasteiger partial charge >= 0.3 is 0 Å². The Balaban J connectivity index is 2.88. The molecular formula is C13H21NO. The number of carbonyl (C=O) groups excluding carboxylic acids is 1. The Morgan fingerprint density at radius 2 is 2.27 bits per heavy atom. The quantitative estimate of drug-likeness (QED) is 0.660. The highest BCUT2D eigenvalue weighted by molar-refractivity contribution is 5.90. The molecule has 1 rings (SSSR count). The number of likely N-dealkylation sites (N-methyl/N-ethyl adjacent to an activating group) is 1. The number of rotatable bonds is 3. The van der Waals surface area contributed by atoms with Crippen molar-refractivity contribution in [2.24, 2.45) is 5.92 Å². The molecule has 0 radical (unpaired) electrons. The SMILES string of the molecule is C#CCC(=O)C1(N(C)C)CCCC(C)C1. The first-order valence-corrected chi connectivity index (χ1v) is 5.67. The number of carbonyl (C=O) groups is 1. The standard InChI is InChI=1S/C13H21NO/c1-5-7-12(15)13(14(3)4)9-6-8-11(2)10-13/h1,11H,6-10H2,2-4H3. The zero-order valence-electron chi connectivity index (χ0n) is 10.0. The molecule has 0 aromatic heterocycles. The van der Waals surface area contributed by atoms with E-state index in [0.29, 0.717) is 5.92 Å². The van der Waals surface area contributed by atoms with Crippen LogP contribution in [0.1, 0.15) is 39.0 Å². The van der Waals surface area contributed by atoms with Gasteiger partial charge in [-0.05, 0) is 32.9 Å². The van der Waals surface area contributed by atoms with Crippen molar-refractivity contribution in [3.8, 4) is 12.3 Å². The lowest BCUT2D eigenvalue weighted by Crippen LogP contribution is -2.53. The van der Waals surface area contributed by atoms with E-state index in [-0.39, 0.29) is 17.7 Å². The van der Waals surface area contributed by atoms with Crippen LogP contribution < -0.4 is 0 Å². The van der Waals surface area contributed by atoms with Gasteiger partial charge in [0.1, 0.15) is 0 Å². The van der Waals surface area contributed by atoms with E-state index in [2.05, 4.69) is 17.7 Å². The van der Waals surface area contributed by atoms with Crippen LogP contribution in [0.5, 0.6) is 0 Å². The molecule has 2 heteroatoms. The van der Waals surface area contributed by atoms with Crippen LogP contribution in [0.15, 0.2) is 0 Å². The van der Waals surface area contributed by atoms with Crippen molar-refractivity contribution in [3.63, 3.8) is 0 Å². The average Bonchev–Trinajstić information content (AvgIpc) is 2.17. The molecule has 1 fully saturated rings. The number of terminal acetylenes is 1. The molecule has 0 aromatic rings. The number of hydrogen-bond donors (Lipinski definition) is 0. The summed E-state index contributed by atoms with van der Waals surface area (Å²) < 4.78 is 0. The third kappa shape index (κ3) is 2.41. The zero-order chi connectivity index (χ0) is 11.5. The van der Waals surface area contributed by atoms with Crippen LogP contribution in [0, 0.1) is 18.3 Å². The van der Waals surface area contributed by atoms with Gasteiger partial charge < -0.3 is 0 Å². The molecule has 1 saturated carbocycles. The van der Waals surface area contributed by atoms with E-state index in [1.807, 2.05) is 14.1 Å². The molecule has 0 amide bonds. The molecule has 0 N–H and O–H groups in total. The highest BCUT2D eigenvalue weighted by Gasteiger charge is 2.42. The molecule has 0 saturated heterocycles. The van der Waals surface area contributed by atoms with E-state index >= 15 is 0 Å². The third-order valence-corrected chi connectivity index (χ3v) is 3.61. The van der Waals surface area contributed by atoms with Gasteiger partial charge in [-0.25, -0.2) is 0 Å². The van der Waals surface area contributed by atoms with Crippen molar-refractivity contribution in [2.75, 3.05) is 14.1 Å². The fraction of sp³-hybridized carbons (Fsp3) is 0.769. The molecule has 15 heavy (non-hydrogen) atoms. The monoisotopic (exact) mass is 207 g/mol. The van der Waals surface area contributed by atoms with Gasteiger partial charge in [-0.2, -0.15) is 0 Å². The van der Waals surface area contributed by atoms with Crippen molar-refractivity contribution >= 4 is 5.78 Å². The summed E-state index contributed by atoms with van der Waals surface area (Å²) >= 11 is 0. The van der Waals surface area contributed by atoms with Crippen molar-refractivity contribution < 1.29 is 4.79 Å². The largest absolute Gasteiger partial charge is 0.297 e. The lowest BCUT2D eigenvalue weighted by Gasteiger charge is -2.43. The minimum Gasteiger partial charge on any atom is -0.297 e. The Kier molecular flexibility index (Phi) is 3.93. The van der Waals surface area contributed by atoms with Crippen LogP contribution in [-0.4, -0.2) is 30.3 Å². The van der Waals surface area contributed by atoms with Crippen LogP contribution in [0.3, 0.4) is 0 Å². The molecule has 2 nitrogen and oxygen atoms in total. The Morgan fingerprint density at radius 1 is 1.60 bits per heavy atom. The maximum Gasteiger partial charge on any atom is 0.164 e. The van der Waals surface area contributed by atoms with Crippen molar-refractivity contribution in [1.82, 2.24) is 4.90 Å². The van der Waals surface area contributed by atoms with Crippen molar-refractivity contribution in [2.45, 2.75) is 44.6 Å². The first-order chi connectivity index (χ1) is 7.03. The van der Waals surface area contributed by atoms with Gasteiger partial charge in [-0.15, -0.1) is 6.42 Å². The smallest absolute Gasteiger partial charge is 0.164 e. The maximum absolute atomic E-state index is 12.1. The predicted molar refractivity (Wildman–Crippen MR) is 62.5 cm³/mol. The second-order valence-electron chi connectivity index (χ2n) is 4.93. The highest BCUT2D eigenvalue weighted by Crippen LogP contribution is 2.36. The minimum absolute atomic E-state index is 0.224. The summed E-state index contributed by atoms with van der Waals surface area (Å²) in [7, 11) is 3.99. The summed E-state index contributed by atoms with van der Waals surface area (Å²) in [6.07, 6.45) is 9.80. The predicted octanol–water partition coefficient (Wildman–Crippen LogP) is 2.09. The molecule has 0 spiro atoms. The van der Waals surface area contributed by atoms with Crippen LogP contribution >= 0.6 is 0 Å². The lowest BCUT2D eigenvalue weighted by atomic mass is 9.72.